The van der Waals surface area contributed by atoms with Gasteiger partial charge in [0.1, 0.15) is 5.82 Å². The van der Waals surface area contributed by atoms with Crippen LogP contribution in [0.15, 0.2) is 18.2 Å². The lowest BCUT2D eigenvalue weighted by molar-refractivity contribution is 0.0625. The molecule has 0 unspecified atom stereocenters. The standard InChI is InChI=1S/C18H22ClFN4O/c1-12-17(13(2)22(3)21-12)18(25)24-9-7-23(8-10-24)11-14-15(19)5-4-6-16(14)20/h4-6H,7-11H2,1-3H3. The third kappa shape index (κ3) is 3.55. The minimum atomic E-state index is -0.285. The molecule has 1 amide bonds. The molecule has 0 aliphatic carbocycles. The molecule has 2 aromatic rings. The van der Waals surface area contributed by atoms with E-state index in [9.17, 15) is 9.18 Å². The average Bonchev–Trinajstić information content (AvgIpc) is 2.83. The van der Waals surface area contributed by atoms with Crippen LogP contribution >= 0.6 is 11.6 Å². The minimum absolute atomic E-state index is 0.0201. The zero-order chi connectivity index (χ0) is 18.1. The van der Waals surface area contributed by atoms with Crippen molar-refractivity contribution in [1.29, 1.82) is 0 Å². The van der Waals surface area contributed by atoms with E-state index in [1.165, 1.54) is 6.07 Å². The Balaban J connectivity index is 1.65. The Morgan fingerprint density at radius 1 is 1.24 bits per heavy atom. The van der Waals surface area contributed by atoms with E-state index in [0.717, 1.165) is 11.4 Å². The van der Waals surface area contributed by atoms with Crippen LogP contribution in [-0.4, -0.2) is 51.7 Å². The Hall–Kier alpha value is -1.92. The Morgan fingerprint density at radius 2 is 1.92 bits per heavy atom. The first-order valence-electron chi connectivity index (χ1n) is 8.33. The Morgan fingerprint density at radius 3 is 2.48 bits per heavy atom. The van der Waals surface area contributed by atoms with Gasteiger partial charge >= 0.3 is 0 Å². The van der Waals surface area contributed by atoms with E-state index in [1.807, 2.05) is 25.8 Å². The Kier molecular flexibility index (Phi) is 5.11. The SMILES string of the molecule is Cc1nn(C)c(C)c1C(=O)N1CCN(Cc2c(F)cccc2Cl)CC1. The Labute approximate surface area is 152 Å². The van der Waals surface area contributed by atoms with Crippen LogP contribution in [0.2, 0.25) is 5.02 Å². The van der Waals surface area contributed by atoms with Gasteiger partial charge in [0.15, 0.2) is 0 Å². The van der Waals surface area contributed by atoms with E-state index in [0.29, 0.717) is 48.9 Å². The molecule has 3 rings (SSSR count). The number of hydrogen-bond acceptors (Lipinski definition) is 3. The van der Waals surface area contributed by atoms with E-state index < -0.39 is 0 Å². The van der Waals surface area contributed by atoms with Crippen LogP contribution in [0.25, 0.3) is 0 Å². The average molecular weight is 365 g/mol. The van der Waals surface area contributed by atoms with Gasteiger partial charge in [-0.15, -0.1) is 0 Å². The van der Waals surface area contributed by atoms with Gasteiger partial charge in [-0.05, 0) is 26.0 Å². The summed E-state index contributed by atoms with van der Waals surface area (Å²) >= 11 is 6.10. The van der Waals surface area contributed by atoms with Crippen molar-refractivity contribution in [3.8, 4) is 0 Å². The van der Waals surface area contributed by atoms with Gasteiger partial charge in [-0.3, -0.25) is 14.4 Å². The van der Waals surface area contributed by atoms with E-state index in [1.54, 1.807) is 16.8 Å². The van der Waals surface area contributed by atoms with E-state index in [-0.39, 0.29) is 11.7 Å². The summed E-state index contributed by atoms with van der Waals surface area (Å²) in [5.74, 6) is -0.265. The molecule has 0 bridgehead atoms. The van der Waals surface area contributed by atoms with Gasteiger partial charge in [-0.1, -0.05) is 17.7 Å². The highest BCUT2D eigenvalue weighted by Gasteiger charge is 2.27. The summed E-state index contributed by atoms with van der Waals surface area (Å²) in [7, 11) is 1.84. The number of piperazine rings is 1. The van der Waals surface area contributed by atoms with Crippen LogP contribution < -0.4 is 0 Å². The molecule has 1 fully saturated rings. The molecule has 1 aliphatic rings. The molecule has 1 aromatic carbocycles. The van der Waals surface area contributed by atoms with Crippen LogP contribution in [0.5, 0.6) is 0 Å². The van der Waals surface area contributed by atoms with Gasteiger partial charge in [0.2, 0.25) is 0 Å². The molecule has 7 heteroatoms. The fraction of sp³-hybridized carbons (Fsp3) is 0.444. The number of aromatic nitrogens is 2. The largest absolute Gasteiger partial charge is 0.336 e. The van der Waals surface area contributed by atoms with Crippen molar-refractivity contribution < 1.29 is 9.18 Å². The first kappa shape index (κ1) is 17.9. The van der Waals surface area contributed by atoms with Crippen LogP contribution in [0.1, 0.15) is 27.3 Å². The molecule has 0 N–H and O–H groups in total. The lowest BCUT2D eigenvalue weighted by Crippen LogP contribution is -2.48. The van der Waals surface area contributed by atoms with Gasteiger partial charge < -0.3 is 4.90 Å². The first-order chi connectivity index (χ1) is 11.9. The molecule has 0 saturated carbocycles. The molecule has 25 heavy (non-hydrogen) atoms. The number of carbonyl (C=O) groups is 1. The summed E-state index contributed by atoms with van der Waals surface area (Å²) in [6.07, 6.45) is 0. The van der Waals surface area contributed by atoms with Crippen LogP contribution in [0, 0.1) is 19.7 Å². The van der Waals surface area contributed by atoms with Crippen molar-refractivity contribution in [3.63, 3.8) is 0 Å². The maximum Gasteiger partial charge on any atom is 0.257 e. The zero-order valence-electron chi connectivity index (χ0n) is 14.7. The van der Waals surface area contributed by atoms with E-state index >= 15 is 0 Å². The first-order valence-corrected chi connectivity index (χ1v) is 8.71. The summed E-state index contributed by atoms with van der Waals surface area (Å²) in [5, 5.41) is 4.76. The number of amides is 1. The smallest absolute Gasteiger partial charge is 0.257 e. The third-order valence-corrected chi connectivity index (χ3v) is 5.18. The van der Waals surface area contributed by atoms with E-state index in [2.05, 4.69) is 10.00 Å². The highest BCUT2D eigenvalue weighted by molar-refractivity contribution is 6.31. The highest BCUT2D eigenvalue weighted by Crippen LogP contribution is 2.22. The Bertz CT molecular complexity index is 776. The molecule has 1 aliphatic heterocycles. The van der Waals surface area contributed by atoms with Crippen molar-refractivity contribution in [1.82, 2.24) is 19.6 Å². The number of nitrogens with zero attached hydrogens (tertiary/aromatic N) is 4. The summed E-state index contributed by atoms with van der Waals surface area (Å²) in [6, 6.07) is 4.74. The summed E-state index contributed by atoms with van der Waals surface area (Å²) in [6.45, 7) is 6.82. The van der Waals surface area contributed by atoms with Crippen molar-refractivity contribution >= 4 is 17.5 Å². The predicted molar refractivity (Wildman–Crippen MR) is 95.3 cm³/mol. The van der Waals surface area contributed by atoms with E-state index in [4.69, 9.17) is 11.6 Å². The molecule has 0 spiro atoms. The molecule has 0 radical (unpaired) electrons. The van der Waals surface area contributed by atoms with Crippen molar-refractivity contribution in [3.05, 3.63) is 51.6 Å². The molecule has 5 nitrogen and oxygen atoms in total. The minimum Gasteiger partial charge on any atom is -0.336 e. The number of halogens is 2. The lowest BCUT2D eigenvalue weighted by Gasteiger charge is -2.35. The maximum absolute atomic E-state index is 13.9. The van der Waals surface area contributed by atoms with Crippen LogP contribution in [0.3, 0.4) is 0 Å². The second-order valence-electron chi connectivity index (χ2n) is 6.44. The van der Waals surface area contributed by atoms with Crippen LogP contribution in [0.4, 0.5) is 4.39 Å². The fourth-order valence-corrected chi connectivity index (χ4v) is 3.48. The maximum atomic E-state index is 13.9. The molecular formula is C18H22ClFN4O. The van der Waals surface area contributed by atoms with Gasteiger partial charge in [0, 0.05) is 56.1 Å². The normalized spacial score (nSPS) is 15.6. The molecule has 1 saturated heterocycles. The number of hydrogen-bond donors (Lipinski definition) is 0. The fourth-order valence-electron chi connectivity index (χ4n) is 3.26. The van der Waals surface area contributed by atoms with Crippen molar-refractivity contribution in [2.24, 2.45) is 7.05 Å². The zero-order valence-corrected chi connectivity index (χ0v) is 15.5. The van der Waals surface area contributed by atoms with Crippen LogP contribution in [-0.2, 0) is 13.6 Å². The second-order valence-corrected chi connectivity index (χ2v) is 6.85. The van der Waals surface area contributed by atoms with Crippen molar-refractivity contribution in [2.75, 3.05) is 26.2 Å². The highest BCUT2D eigenvalue weighted by atomic mass is 35.5. The number of benzene rings is 1. The van der Waals surface area contributed by atoms with Crippen molar-refractivity contribution in [2.45, 2.75) is 20.4 Å². The third-order valence-electron chi connectivity index (χ3n) is 4.83. The lowest BCUT2D eigenvalue weighted by atomic mass is 10.1. The molecule has 134 valence electrons. The summed E-state index contributed by atoms with van der Waals surface area (Å²) in [5.41, 5.74) is 2.84. The molecular weight excluding hydrogens is 343 g/mol. The van der Waals surface area contributed by atoms with Gasteiger partial charge in [-0.2, -0.15) is 5.10 Å². The monoisotopic (exact) mass is 364 g/mol. The topological polar surface area (TPSA) is 41.4 Å². The number of carbonyl (C=O) groups excluding carboxylic acids is 1. The number of rotatable bonds is 3. The quantitative estimate of drug-likeness (QED) is 0.841. The molecule has 1 aromatic heterocycles. The summed E-state index contributed by atoms with van der Waals surface area (Å²) in [4.78, 5) is 16.8. The van der Waals surface area contributed by atoms with Gasteiger partial charge in [0.25, 0.3) is 5.91 Å². The van der Waals surface area contributed by atoms with Gasteiger partial charge in [-0.25, -0.2) is 4.39 Å². The number of aryl methyl sites for hydroxylation is 2. The molecule has 0 atom stereocenters. The second kappa shape index (κ2) is 7.14. The summed E-state index contributed by atoms with van der Waals surface area (Å²) < 4.78 is 15.7. The molecule has 2 heterocycles. The predicted octanol–water partition coefficient (Wildman–Crippen LogP) is 2.79. The van der Waals surface area contributed by atoms with Gasteiger partial charge in [0.05, 0.1) is 11.3 Å².